The van der Waals surface area contributed by atoms with Crippen LogP contribution in [0, 0.1) is 5.92 Å². The Kier molecular flexibility index (Phi) is 8.88. The summed E-state index contributed by atoms with van der Waals surface area (Å²) in [6.07, 6.45) is -3.04. The van der Waals surface area contributed by atoms with Gasteiger partial charge in [0.05, 0.1) is 19.2 Å². The third-order valence-electron chi connectivity index (χ3n) is 9.76. The van der Waals surface area contributed by atoms with Gasteiger partial charge in [-0.25, -0.2) is 17.6 Å². The fourth-order valence-corrected chi connectivity index (χ4v) is 7.46. The molecule has 6 rings (SSSR count). The van der Waals surface area contributed by atoms with Crippen molar-refractivity contribution in [3.8, 4) is 5.75 Å². The number of piperazine rings is 1. The number of para-hydroxylation sites is 1. The van der Waals surface area contributed by atoms with Gasteiger partial charge in [0.15, 0.2) is 0 Å². The second-order valence-electron chi connectivity index (χ2n) is 12.9. The Morgan fingerprint density at radius 2 is 1.65 bits per heavy atom. The summed E-state index contributed by atoms with van der Waals surface area (Å²) in [6, 6.07) is 11.8. The van der Waals surface area contributed by atoms with Crippen LogP contribution in [0.1, 0.15) is 55.7 Å². The Morgan fingerprint density at radius 3 is 2.37 bits per heavy atom. The largest absolute Gasteiger partial charge is 0.530 e. The van der Waals surface area contributed by atoms with Gasteiger partial charge in [0, 0.05) is 56.9 Å². The minimum Gasteiger partial charge on any atom is -0.530 e. The van der Waals surface area contributed by atoms with Gasteiger partial charge in [-0.2, -0.15) is 0 Å². The molecule has 1 N–H and O–H groups in total. The smallest absolute Gasteiger partial charge is 0.262 e. The van der Waals surface area contributed by atoms with Gasteiger partial charge in [-0.15, -0.1) is 0 Å². The Bertz CT molecular complexity index is 1440. The van der Waals surface area contributed by atoms with Gasteiger partial charge < -0.3 is 29.8 Å². The molecule has 1 saturated carbocycles. The van der Waals surface area contributed by atoms with E-state index in [0.717, 1.165) is 10.5 Å². The molecular weight excluding hydrogens is 608 g/mol. The lowest BCUT2D eigenvalue weighted by Crippen LogP contribution is -2.67. The van der Waals surface area contributed by atoms with Gasteiger partial charge >= 0.3 is 0 Å². The second kappa shape index (κ2) is 12.7. The van der Waals surface area contributed by atoms with Crippen molar-refractivity contribution < 1.29 is 41.8 Å². The van der Waals surface area contributed by atoms with Crippen LogP contribution in [-0.4, -0.2) is 88.8 Å². The molecule has 46 heavy (non-hydrogen) atoms. The van der Waals surface area contributed by atoms with E-state index in [0.29, 0.717) is 24.3 Å². The number of hydrogen-bond acceptors (Lipinski definition) is 6. The van der Waals surface area contributed by atoms with Crippen molar-refractivity contribution in [2.75, 3.05) is 26.2 Å². The van der Waals surface area contributed by atoms with E-state index in [1.54, 1.807) is 48.5 Å². The highest BCUT2D eigenvalue weighted by atomic mass is 19.3. The second-order valence-corrected chi connectivity index (χ2v) is 12.9. The monoisotopic (exact) mass is 645 g/mol. The number of ether oxygens (including phenoxy) is 1. The third-order valence-corrected chi connectivity index (χ3v) is 9.76. The van der Waals surface area contributed by atoms with Crippen LogP contribution in [-0.2, 0) is 16.1 Å². The minimum absolute atomic E-state index is 0.126. The average Bonchev–Trinajstić information content (AvgIpc) is 3.34. The van der Waals surface area contributed by atoms with E-state index in [4.69, 9.17) is 4.74 Å². The molecule has 3 fully saturated rings. The standard InChI is InChI=1S/C33H38F4N4O5/c34-32(35)13-10-22(11-14-32)28(41(31(44)45)17-21-6-2-1-3-7-21)30(43)40-18-23-16-33(36,37)20-39(23)19-26(40)29(42)38-25-12-15-46-27-9-5-4-8-24(25)27/h1-9,22-23,25-26,28H,10-20H2,(H,38,42)(H,44,45)/p-1/t23-,25-,26+,28+/m1/s1. The van der Waals surface area contributed by atoms with Crippen LogP contribution in [0.3, 0.4) is 0 Å². The number of carbonyl (C=O) groups excluding carboxylic acids is 3. The zero-order valence-corrected chi connectivity index (χ0v) is 25.3. The number of alkyl halides is 4. The molecule has 3 heterocycles. The third kappa shape index (κ3) is 6.79. The van der Waals surface area contributed by atoms with Crippen LogP contribution in [0.4, 0.5) is 22.4 Å². The number of benzene rings is 2. The van der Waals surface area contributed by atoms with E-state index in [2.05, 4.69) is 5.32 Å². The molecule has 0 bridgehead atoms. The molecule has 1 aliphatic carbocycles. The summed E-state index contributed by atoms with van der Waals surface area (Å²) in [4.78, 5) is 44.9. The van der Waals surface area contributed by atoms with E-state index in [-0.39, 0.29) is 32.5 Å². The Labute approximate surface area is 264 Å². The first-order valence-corrected chi connectivity index (χ1v) is 15.7. The van der Waals surface area contributed by atoms with Gasteiger partial charge in [-0.1, -0.05) is 48.5 Å². The summed E-state index contributed by atoms with van der Waals surface area (Å²) in [6.45, 7) is -0.887. The number of carbonyl (C=O) groups is 3. The lowest BCUT2D eigenvalue weighted by Gasteiger charge is -2.47. The molecule has 3 aliphatic heterocycles. The molecule has 2 saturated heterocycles. The normalized spacial score (nSPS) is 26.3. The van der Waals surface area contributed by atoms with Crippen molar-refractivity contribution in [1.82, 2.24) is 20.0 Å². The van der Waals surface area contributed by atoms with E-state index >= 15 is 0 Å². The zero-order valence-electron chi connectivity index (χ0n) is 25.3. The highest BCUT2D eigenvalue weighted by Crippen LogP contribution is 2.41. The maximum absolute atomic E-state index is 14.7. The topological polar surface area (TPSA) is 105 Å². The van der Waals surface area contributed by atoms with Gasteiger partial charge in [-0.3, -0.25) is 14.5 Å². The fourth-order valence-electron chi connectivity index (χ4n) is 7.46. The van der Waals surface area contributed by atoms with Crippen molar-refractivity contribution in [3.63, 3.8) is 0 Å². The van der Waals surface area contributed by atoms with Crippen LogP contribution in [0.25, 0.3) is 0 Å². The lowest BCUT2D eigenvalue weighted by atomic mass is 9.80. The average molecular weight is 646 g/mol. The van der Waals surface area contributed by atoms with E-state index in [9.17, 15) is 37.1 Å². The van der Waals surface area contributed by atoms with Crippen molar-refractivity contribution in [1.29, 1.82) is 0 Å². The number of rotatable bonds is 7. The van der Waals surface area contributed by atoms with E-state index < -0.39 is 85.6 Å². The van der Waals surface area contributed by atoms with Crippen LogP contribution in [0.2, 0.25) is 0 Å². The summed E-state index contributed by atoms with van der Waals surface area (Å²) in [5, 5.41) is 15.6. The number of fused-ring (bicyclic) bond motifs is 2. The van der Waals surface area contributed by atoms with Crippen molar-refractivity contribution >= 4 is 17.9 Å². The number of carboxylic acid groups (broad SMARTS) is 1. The van der Waals surface area contributed by atoms with Gasteiger partial charge in [0.25, 0.3) is 5.92 Å². The summed E-state index contributed by atoms with van der Waals surface area (Å²) < 4.78 is 63.4. The van der Waals surface area contributed by atoms with Crippen molar-refractivity contribution in [3.05, 3.63) is 65.7 Å². The van der Waals surface area contributed by atoms with Crippen LogP contribution < -0.4 is 15.2 Å². The first-order valence-electron chi connectivity index (χ1n) is 15.7. The molecule has 4 aliphatic rings. The number of amides is 3. The predicted molar refractivity (Wildman–Crippen MR) is 156 cm³/mol. The maximum atomic E-state index is 14.7. The molecular formula is C33H37F4N4O5-. The number of nitrogens with zero attached hydrogens (tertiary/aromatic N) is 3. The summed E-state index contributed by atoms with van der Waals surface area (Å²) in [5.74, 6) is -7.49. The summed E-state index contributed by atoms with van der Waals surface area (Å²) in [5.41, 5.74) is 1.30. The van der Waals surface area contributed by atoms with Gasteiger partial charge in [0.2, 0.25) is 17.7 Å². The molecule has 2 aromatic rings. The maximum Gasteiger partial charge on any atom is 0.262 e. The molecule has 0 unspecified atom stereocenters. The van der Waals surface area contributed by atoms with E-state index in [1.165, 1.54) is 9.80 Å². The van der Waals surface area contributed by atoms with Gasteiger partial charge in [0.1, 0.15) is 23.9 Å². The molecule has 3 amide bonds. The molecule has 9 nitrogen and oxygen atoms in total. The number of halogens is 4. The Hall–Kier alpha value is -3.87. The minimum atomic E-state index is -3.02. The first-order chi connectivity index (χ1) is 21.9. The Morgan fingerprint density at radius 1 is 0.957 bits per heavy atom. The molecule has 0 spiro atoms. The van der Waals surface area contributed by atoms with Crippen LogP contribution in [0.5, 0.6) is 5.75 Å². The quantitative estimate of drug-likeness (QED) is 0.462. The fraction of sp³-hybridized carbons (Fsp3) is 0.545. The molecule has 13 heteroatoms. The summed E-state index contributed by atoms with van der Waals surface area (Å²) >= 11 is 0. The van der Waals surface area contributed by atoms with Crippen molar-refractivity contribution in [2.45, 2.75) is 81.1 Å². The molecule has 2 aromatic carbocycles. The van der Waals surface area contributed by atoms with Crippen LogP contribution >= 0.6 is 0 Å². The first kappa shape index (κ1) is 32.1. The molecule has 0 aromatic heterocycles. The van der Waals surface area contributed by atoms with Crippen molar-refractivity contribution in [2.24, 2.45) is 5.92 Å². The van der Waals surface area contributed by atoms with Crippen LogP contribution in [0.15, 0.2) is 54.6 Å². The van der Waals surface area contributed by atoms with E-state index in [1.807, 2.05) is 6.07 Å². The highest BCUT2D eigenvalue weighted by Gasteiger charge is 2.53. The molecule has 0 radical (unpaired) electrons. The summed E-state index contributed by atoms with van der Waals surface area (Å²) in [7, 11) is 0. The SMILES string of the molecule is O=C(N[C@@H]1CCOc2ccccc21)[C@@H]1CN2CC(F)(F)C[C@@H]2CN1C(=O)[C@H](C1CCC(F)(F)CC1)N(Cc1ccccc1)C(=O)[O-]. The molecule has 4 atom stereocenters. The lowest BCUT2D eigenvalue weighted by molar-refractivity contribution is -0.270. The Balaban J connectivity index is 1.33. The highest BCUT2D eigenvalue weighted by molar-refractivity contribution is 5.92. The van der Waals surface area contributed by atoms with Gasteiger partial charge in [-0.05, 0) is 30.4 Å². The molecule has 248 valence electrons. The number of hydrogen-bond donors (Lipinski definition) is 1. The number of nitrogens with one attached hydrogen (secondary N) is 1. The predicted octanol–water partition coefficient (Wildman–Crippen LogP) is 3.59. The zero-order chi connectivity index (χ0) is 32.6.